The van der Waals surface area contributed by atoms with Crippen molar-refractivity contribution in [3.05, 3.63) is 5.01 Å². The molecular weight excluding hydrogens is 276 g/mol. The molecule has 2 heterocycles. The van der Waals surface area contributed by atoms with Gasteiger partial charge in [0.15, 0.2) is 0 Å². The quantitative estimate of drug-likeness (QED) is 0.917. The summed E-state index contributed by atoms with van der Waals surface area (Å²) in [6, 6.07) is 0. The number of nitrogens with one attached hydrogen (secondary N) is 1. The molecule has 1 aromatic rings. The lowest BCUT2D eigenvalue weighted by Gasteiger charge is -2.30. The number of rotatable bonds is 4. The summed E-state index contributed by atoms with van der Waals surface area (Å²) in [5.74, 6) is 0.0358. The van der Waals surface area contributed by atoms with Gasteiger partial charge < -0.3 is 10.2 Å². The van der Waals surface area contributed by atoms with Crippen molar-refractivity contribution in [2.75, 3.05) is 18.4 Å². The van der Waals surface area contributed by atoms with Crippen LogP contribution in [0.25, 0.3) is 0 Å². The molecule has 2 amide bonds. The van der Waals surface area contributed by atoms with Crippen molar-refractivity contribution in [3.8, 4) is 0 Å². The maximum atomic E-state index is 12.1. The Kier molecular flexibility index (Phi) is 5.05. The highest BCUT2D eigenvalue weighted by Gasteiger charge is 2.26. The summed E-state index contributed by atoms with van der Waals surface area (Å²) in [6.45, 7) is 4.97. The Balaban J connectivity index is 1.84. The summed E-state index contributed by atoms with van der Waals surface area (Å²) < 4.78 is 0. The molecule has 0 atom stereocenters. The molecule has 1 aliphatic rings. The zero-order valence-electron chi connectivity index (χ0n) is 11.9. The average molecular weight is 296 g/mol. The fourth-order valence-electron chi connectivity index (χ4n) is 2.28. The van der Waals surface area contributed by atoms with Crippen LogP contribution in [0.4, 0.5) is 5.13 Å². The van der Waals surface area contributed by atoms with Crippen LogP contribution in [0, 0.1) is 5.92 Å². The summed E-state index contributed by atoms with van der Waals surface area (Å²) in [6.07, 6.45) is 3.34. The van der Waals surface area contributed by atoms with Crippen LogP contribution in [0.3, 0.4) is 0 Å². The van der Waals surface area contributed by atoms with Crippen LogP contribution in [0.15, 0.2) is 0 Å². The predicted octanol–water partition coefficient (Wildman–Crippen LogP) is 1.69. The monoisotopic (exact) mass is 296 g/mol. The fourth-order valence-corrected chi connectivity index (χ4v) is 3.13. The Bertz CT molecular complexity index is 480. The zero-order valence-corrected chi connectivity index (χ0v) is 12.7. The van der Waals surface area contributed by atoms with Gasteiger partial charge in [0.05, 0.1) is 0 Å². The van der Waals surface area contributed by atoms with Crippen molar-refractivity contribution < 1.29 is 9.59 Å². The summed E-state index contributed by atoms with van der Waals surface area (Å²) in [7, 11) is 0. The Morgan fingerprint density at radius 2 is 2.05 bits per heavy atom. The van der Waals surface area contributed by atoms with E-state index in [0.29, 0.717) is 31.1 Å². The number of carbonyl (C=O) groups excluding carboxylic acids is 2. The topological polar surface area (TPSA) is 75.2 Å². The minimum atomic E-state index is -0.0378. The van der Waals surface area contributed by atoms with Crippen LogP contribution in [-0.4, -0.2) is 40.0 Å². The normalized spacial score (nSPS) is 16.2. The van der Waals surface area contributed by atoms with Crippen LogP contribution in [0.2, 0.25) is 0 Å². The molecule has 110 valence electrons. The van der Waals surface area contributed by atoms with Gasteiger partial charge in [0, 0.05) is 32.4 Å². The van der Waals surface area contributed by atoms with Crippen molar-refractivity contribution >= 4 is 28.3 Å². The van der Waals surface area contributed by atoms with E-state index >= 15 is 0 Å². The van der Waals surface area contributed by atoms with Gasteiger partial charge in [-0.05, 0) is 19.3 Å². The molecule has 1 aromatic heterocycles. The molecule has 0 spiro atoms. The van der Waals surface area contributed by atoms with Gasteiger partial charge in [-0.3, -0.25) is 9.59 Å². The van der Waals surface area contributed by atoms with Crippen LogP contribution < -0.4 is 5.32 Å². The number of aryl methyl sites for hydroxylation is 1. The molecule has 0 saturated carbocycles. The third kappa shape index (κ3) is 3.75. The van der Waals surface area contributed by atoms with Gasteiger partial charge in [0.2, 0.25) is 16.9 Å². The SMILES string of the molecule is CCCc1nnc(NC(=O)C2CCN(C(C)=O)CC2)s1. The number of hydrogen-bond donors (Lipinski definition) is 1. The van der Waals surface area contributed by atoms with Gasteiger partial charge in [-0.2, -0.15) is 0 Å². The van der Waals surface area contributed by atoms with E-state index in [-0.39, 0.29) is 17.7 Å². The summed E-state index contributed by atoms with van der Waals surface area (Å²) in [4.78, 5) is 25.2. The molecular formula is C13H20N4O2S. The fraction of sp³-hybridized carbons (Fsp3) is 0.692. The Hall–Kier alpha value is -1.50. The van der Waals surface area contributed by atoms with E-state index in [1.165, 1.54) is 11.3 Å². The van der Waals surface area contributed by atoms with E-state index < -0.39 is 0 Å². The van der Waals surface area contributed by atoms with E-state index in [0.717, 1.165) is 17.8 Å². The van der Waals surface area contributed by atoms with E-state index in [4.69, 9.17) is 0 Å². The maximum absolute atomic E-state index is 12.1. The third-order valence-corrected chi connectivity index (χ3v) is 4.37. The number of carbonyl (C=O) groups is 2. The molecule has 7 heteroatoms. The first-order valence-electron chi connectivity index (χ1n) is 6.99. The van der Waals surface area contributed by atoms with E-state index in [1.807, 2.05) is 0 Å². The molecule has 0 radical (unpaired) electrons. The molecule has 1 fully saturated rings. The second-order valence-electron chi connectivity index (χ2n) is 5.02. The number of anilines is 1. The van der Waals surface area contributed by atoms with Gasteiger partial charge in [-0.1, -0.05) is 18.3 Å². The van der Waals surface area contributed by atoms with Crippen LogP contribution >= 0.6 is 11.3 Å². The minimum absolute atomic E-state index is 0.00704. The standard InChI is InChI=1S/C13H20N4O2S/c1-3-4-11-15-16-13(20-11)14-12(19)10-5-7-17(8-6-10)9(2)18/h10H,3-8H2,1-2H3,(H,14,16,19). The first kappa shape index (κ1) is 14.9. The summed E-state index contributed by atoms with van der Waals surface area (Å²) in [5.41, 5.74) is 0. The number of piperidine rings is 1. The van der Waals surface area contributed by atoms with E-state index in [1.54, 1.807) is 11.8 Å². The lowest BCUT2D eigenvalue weighted by Crippen LogP contribution is -2.40. The number of amides is 2. The predicted molar refractivity (Wildman–Crippen MR) is 77.5 cm³/mol. The maximum Gasteiger partial charge on any atom is 0.229 e. The number of nitrogens with zero attached hydrogens (tertiary/aromatic N) is 3. The average Bonchev–Trinajstić information content (AvgIpc) is 2.86. The van der Waals surface area contributed by atoms with Crippen molar-refractivity contribution in [3.63, 3.8) is 0 Å². The van der Waals surface area contributed by atoms with Gasteiger partial charge >= 0.3 is 0 Å². The van der Waals surface area contributed by atoms with Crippen LogP contribution in [0.5, 0.6) is 0 Å². The van der Waals surface area contributed by atoms with Crippen LogP contribution in [-0.2, 0) is 16.0 Å². The lowest BCUT2D eigenvalue weighted by atomic mass is 9.96. The van der Waals surface area contributed by atoms with Crippen molar-refractivity contribution in [2.45, 2.75) is 39.5 Å². The number of likely N-dealkylation sites (tertiary alicyclic amines) is 1. The highest BCUT2D eigenvalue weighted by Crippen LogP contribution is 2.21. The van der Waals surface area contributed by atoms with Crippen molar-refractivity contribution in [1.29, 1.82) is 0 Å². The third-order valence-electron chi connectivity index (χ3n) is 3.47. The van der Waals surface area contributed by atoms with Gasteiger partial charge in [-0.15, -0.1) is 10.2 Å². The van der Waals surface area contributed by atoms with E-state index in [9.17, 15) is 9.59 Å². The summed E-state index contributed by atoms with van der Waals surface area (Å²) >= 11 is 1.44. The lowest BCUT2D eigenvalue weighted by molar-refractivity contribution is -0.132. The number of hydrogen-bond acceptors (Lipinski definition) is 5. The molecule has 1 aliphatic heterocycles. The minimum Gasteiger partial charge on any atom is -0.343 e. The zero-order chi connectivity index (χ0) is 14.5. The molecule has 6 nitrogen and oxygen atoms in total. The van der Waals surface area contributed by atoms with Gasteiger partial charge in [-0.25, -0.2) is 0 Å². The number of aromatic nitrogens is 2. The molecule has 20 heavy (non-hydrogen) atoms. The molecule has 0 bridgehead atoms. The second kappa shape index (κ2) is 6.78. The highest BCUT2D eigenvalue weighted by atomic mass is 32.1. The molecule has 0 aromatic carbocycles. The van der Waals surface area contributed by atoms with Crippen LogP contribution in [0.1, 0.15) is 38.1 Å². The second-order valence-corrected chi connectivity index (χ2v) is 6.08. The molecule has 0 unspecified atom stereocenters. The highest BCUT2D eigenvalue weighted by molar-refractivity contribution is 7.15. The smallest absolute Gasteiger partial charge is 0.229 e. The van der Waals surface area contributed by atoms with Gasteiger partial charge in [0.1, 0.15) is 5.01 Å². The largest absolute Gasteiger partial charge is 0.343 e. The molecule has 2 rings (SSSR count). The van der Waals surface area contributed by atoms with Gasteiger partial charge in [0.25, 0.3) is 0 Å². The van der Waals surface area contributed by atoms with E-state index in [2.05, 4.69) is 22.4 Å². The Morgan fingerprint density at radius 3 is 2.65 bits per heavy atom. The van der Waals surface area contributed by atoms with Crippen molar-refractivity contribution in [2.24, 2.45) is 5.92 Å². The molecule has 0 aliphatic carbocycles. The first-order chi connectivity index (χ1) is 9.60. The molecule has 1 N–H and O–H groups in total. The Labute approximate surface area is 122 Å². The first-order valence-corrected chi connectivity index (χ1v) is 7.80. The molecule has 1 saturated heterocycles. The Morgan fingerprint density at radius 1 is 1.35 bits per heavy atom. The summed E-state index contributed by atoms with van der Waals surface area (Å²) in [5, 5.41) is 12.4. The van der Waals surface area contributed by atoms with Crippen molar-refractivity contribution in [1.82, 2.24) is 15.1 Å².